The quantitative estimate of drug-likeness (QED) is 0.622. The van der Waals surface area contributed by atoms with Gasteiger partial charge in [-0.1, -0.05) is 82.5 Å². The number of unbranched alkanes of at least 4 members (excludes halogenated alkanes) is 1. The molecule has 0 saturated heterocycles. The summed E-state index contributed by atoms with van der Waals surface area (Å²) in [6, 6.07) is 15.4. The van der Waals surface area contributed by atoms with Crippen molar-refractivity contribution in [3.8, 4) is 0 Å². The number of hydrogen-bond acceptors (Lipinski definition) is 0. The van der Waals surface area contributed by atoms with Gasteiger partial charge in [0, 0.05) is 0 Å². The van der Waals surface area contributed by atoms with Crippen LogP contribution in [0.25, 0.3) is 10.8 Å². The van der Waals surface area contributed by atoms with E-state index >= 15 is 0 Å². The summed E-state index contributed by atoms with van der Waals surface area (Å²) in [6.45, 7) is 7.04. The molecular weight excluding hydrogens is 216 g/mol. The Morgan fingerprint density at radius 3 is 2.44 bits per heavy atom. The minimum atomic E-state index is 0.641. The van der Waals surface area contributed by atoms with Crippen LogP contribution in [-0.4, -0.2) is 0 Å². The molecule has 0 aromatic heterocycles. The van der Waals surface area contributed by atoms with Gasteiger partial charge < -0.3 is 0 Å². The van der Waals surface area contributed by atoms with E-state index < -0.39 is 0 Å². The molecule has 2 aromatic carbocycles. The van der Waals surface area contributed by atoms with Gasteiger partial charge in [-0.25, -0.2) is 0 Å². The van der Waals surface area contributed by atoms with Crippen LogP contribution >= 0.6 is 0 Å². The van der Waals surface area contributed by atoms with Crippen LogP contribution in [0.3, 0.4) is 0 Å². The summed E-state index contributed by atoms with van der Waals surface area (Å²) in [5.74, 6) is 1.40. The van der Waals surface area contributed by atoms with Crippen molar-refractivity contribution < 1.29 is 0 Å². The van der Waals surface area contributed by atoms with Gasteiger partial charge in [0.2, 0.25) is 0 Å². The molecule has 0 N–H and O–H groups in total. The smallest absolute Gasteiger partial charge is 0.0149 e. The molecule has 0 spiro atoms. The molecule has 2 atom stereocenters. The van der Waals surface area contributed by atoms with Gasteiger partial charge in [-0.2, -0.15) is 0 Å². The Hall–Kier alpha value is -1.30. The van der Waals surface area contributed by atoms with Crippen LogP contribution in [0.4, 0.5) is 0 Å². The zero-order valence-corrected chi connectivity index (χ0v) is 11.8. The predicted octanol–water partition coefficient (Wildman–Crippen LogP) is 5.77. The highest BCUT2D eigenvalue weighted by Gasteiger charge is 2.15. The van der Waals surface area contributed by atoms with Crippen molar-refractivity contribution in [2.24, 2.45) is 5.92 Å². The molecule has 96 valence electrons. The highest BCUT2D eigenvalue weighted by Crippen LogP contribution is 2.32. The Morgan fingerprint density at radius 1 is 0.944 bits per heavy atom. The molecule has 2 aromatic rings. The molecule has 0 fully saturated rings. The third-order valence-corrected chi connectivity index (χ3v) is 4.18. The third kappa shape index (κ3) is 2.75. The molecule has 0 heteroatoms. The van der Waals surface area contributed by atoms with Gasteiger partial charge in [0.05, 0.1) is 0 Å². The van der Waals surface area contributed by atoms with Crippen LogP contribution in [0.5, 0.6) is 0 Å². The van der Waals surface area contributed by atoms with Crippen LogP contribution in [-0.2, 0) is 0 Å². The fourth-order valence-corrected chi connectivity index (χ4v) is 2.73. The Kier molecular flexibility index (Phi) is 4.41. The highest BCUT2D eigenvalue weighted by atomic mass is 14.2. The van der Waals surface area contributed by atoms with E-state index in [1.54, 1.807) is 0 Å². The van der Waals surface area contributed by atoms with Gasteiger partial charge >= 0.3 is 0 Å². The average Bonchev–Trinajstić information content (AvgIpc) is 2.43. The minimum Gasteiger partial charge on any atom is -0.0654 e. The van der Waals surface area contributed by atoms with Crippen molar-refractivity contribution in [3.05, 3.63) is 48.0 Å². The van der Waals surface area contributed by atoms with Gasteiger partial charge in [-0.05, 0) is 28.2 Å². The SMILES string of the molecule is CCCCC(C)C(C)c1cccc2ccccc12. The first kappa shape index (κ1) is 13.1. The summed E-state index contributed by atoms with van der Waals surface area (Å²) >= 11 is 0. The molecule has 0 heterocycles. The van der Waals surface area contributed by atoms with E-state index in [0.29, 0.717) is 5.92 Å². The fraction of sp³-hybridized carbons (Fsp3) is 0.444. The first-order valence-electron chi connectivity index (χ1n) is 7.21. The molecule has 2 rings (SSSR count). The van der Waals surface area contributed by atoms with Crippen LogP contribution in [0.15, 0.2) is 42.5 Å². The van der Waals surface area contributed by atoms with Crippen molar-refractivity contribution in [1.29, 1.82) is 0 Å². The molecule has 0 amide bonds. The molecule has 0 aliphatic rings. The second-order valence-corrected chi connectivity index (χ2v) is 5.48. The van der Waals surface area contributed by atoms with Crippen LogP contribution in [0.2, 0.25) is 0 Å². The second kappa shape index (κ2) is 6.04. The Morgan fingerprint density at radius 2 is 1.67 bits per heavy atom. The van der Waals surface area contributed by atoms with Crippen molar-refractivity contribution in [3.63, 3.8) is 0 Å². The monoisotopic (exact) mass is 240 g/mol. The average molecular weight is 240 g/mol. The van der Waals surface area contributed by atoms with Crippen LogP contribution in [0, 0.1) is 5.92 Å². The maximum Gasteiger partial charge on any atom is -0.0149 e. The zero-order chi connectivity index (χ0) is 13.0. The van der Waals surface area contributed by atoms with E-state index in [2.05, 4.69) is 63.2 Å². The number of hydrogen-bond donors (Lipinski definition) is 0. The standard InChI is InChI=1S/C18H24/c1-4-5-9-14(2)15(3)17-13-8-11-16-10-6-7-12-18(16)17/h6-8,10-15H,4-5,9H2,1-3H3. The summed E-state index contributed by atoms with van der Waals surface area (Å²) in [7, 11) is 0. The number of rotatable bonds is 5. The summed E-state index contributed by atoms with van der Waals surface area (Å²) < 4.78 is 0. The molecule has 0 aliphatic heterocycles. The lowest BCUT2D eigenvalue weighted by atomic mass is 9.83. The van der Waals surface area contributed by atoms with Gasteiger partial charge in [-0.3, -0.25) is 0 Å². The molecule has 0 radical (unpaired) electrons. The maximum absolute atomic E-state index is 2.39. The lowest BCUT2D eigenvalue weighted by molar-refractivity contribution is 0.438. The van der Waals surface area contributed by atoms with Crippen LogP contribution < -0.4 is 0 Å². The highest BCUT2D eigenvalue weighted by molar-refractivity contribution is 5.86. The summed E-state index contributed by atoms with van der Waals surface area (Å²) in [4.78, 5) is 0. The largest absolute Gasteiger partial charge is 0.0654 e. The lowest BCUT2D eigenvalue weighted by Gasteiger charge is -2.21. The van der Waals surface area contributed by atoms with E-state index in [9.17, 15) is 0 Å². The second-order valence-electron chi connectivity index (χ2n) is 5.48. The number of fused-ring (bicyclic) bond motifs is 1. The minimum absolute atomic E-state index is 0.641. The maximum atomic E-state index is 2.39. The van der Waals surface area contributed by atoms with Crippen molar-refractivity contribution in [2.45, 2.75) is 46.0 Å². The molecule has 2 unspecified atom stereocenters. The van der Waals surface area contributed by atoms with E-state index in [4.69, 9.17) is 0 Å². The van der Waals surface area contributed by atoms with Crippen molar-refractivity contribution >= 4 is 10.8 Å². The van der Waals surface area contributed by atoms with Gasteiger partial charge in [0.1, 0.15) is 0 Å². The molecule has 0 aliphatic carbocycles. The molecule has 0 bridgehead atoms. The number of benzene rings is 2. The molecular formula is C18H24. The fourth-order valence-electron chi connectivity index (χ4n) is 2.73. The predicted molar refractivity (Wildman–Crippen MR) is 81.1 cm³/mol. The Bertz CT molecular complexity index is 493. The van der Waals surface area contributed by atoms with Crippen molar-refractivity contribution in [1.82, 2.24) is 0 Å². The third-order valence-electron chi connectivity index (χ3n) is 4.18. The van der Waals surface area contributed by atoms with E-state index in [-0.39, 0.29) is 0 Å². The van der Waals surface area contributed by atoms with Crippen molar-refractivity contribution in [2.75, 3.05) is 0 Å². The van der Waals surface area contributed by atoms with E-state index in [1.807, 2.05) is 0 Å². The first-order valence-corrected chi connectivity index (χ1v) is 7.21. The molecule has 0 nitrogen and oxygen atoms in total. The summed E-state index contributed by atoms with van der Waals surface area (Å²) in [6.07, 6.45) is 3.98. The van der Waals surface area contributed by atoms with E-state index in [0.717, 1.165) is 5.92 Å². The topological polar surface area (TPSA) is 0 Å². The van der Waals surface area contributed by atoms with Gasteiger partial charge in [0.15, 0.2) is 0 Å². The summed E-state index contributed by atoms with van der Waals surface area (Å²) in [5, 5.41) is 2.79. The Balaban J connectivity index is 2.29. The normalized spacial score (nSPS) is 14.6. The first-order chi connectivity index (χ1) is 8.74. The van der Waals surface area contributed by atoms with Gasteiger partial charge in [0.25, 0.3) is 0 Å². The molecule has 0 saturated carbocycles. The van der Waals surface area contributed by atoms with E-state index in [1.165, 1.54) is 35.6 Å². The van der Waals surface area contributed by atoms with Gasteiger partial charge in [-0.15, -0.1) is 0 Å². The zero-order valence-electron chi connectivity index (χ0n) is 11.8. The molecule has 18 heavy (non-hydrogen) atoms. The lowest BCUT2D eigenvalue weighted by Crippen LogP contribution is -2.06. The van der Waals surface area contributed by atoms with Crippen LogP contribution in [0.1, 0.15) is 51.5 Å². The summed E-state index contributed by atoms with van der Waals surface area (Å²) in [5.41, 5.74) is 1.51. The Labute approximate surface area is 111 Å².